The first-order valence-corrected chi connectivity index (χ1v) is 11.5. The molecule has 5 aromatic rings. The van der Waals surface area contributed by atoms with Gasteiger partial charge in [-0.05, 0) is 29.8 Å². The van der Waals surface area contributed by atoms with E-state index in [1.807, 2.05) is 42.5 Å². The topological polar surface area (TPSA) is 47.8 Å². The molecule has 0 saturated heterocycles. The lowest BCUT2D eigenvalue weighted by molar-refractivity contribution is 0.687. The second kappa shape index (κ2) is 7.51. The van der Waals surface area contributed by atoms with Gasteiger partial charge < -0.3 is 0 Å². The highest BCUT2D eigenvalue weighted by atomic mass is 35.5. The predicted molar refractivity (Wildman–Crippen MR) is 124 cm³/mol. The van der Waals surface area contributed by atoms with Crippen molar-refractivity contribution in [2.45, 2.75) is 4.90 Å². The Morgan fingerprint density at radius 2 is 1.47 bits per heavy atom. The highest BCUT2D eigenvalue weighted by Gasteiger charge is 2.18. The number of fused-ring (bicyclic) bond motifs is 3. The summed E-state index contributed by atoms with van der Waals surface area (Å²) in [5.41, 5.74) is 3.28. The summed E-state index contributed by atoms with van der Waals surface area (Å²) in [5.74, 6) is 0.634. The first-order chi connectivity index (χ1) is 14.5. The van der Waals surface area contributed by atoms with Crippen LogP contribution in [0.4, 0.5) is 0 Å². The minimum atomic E-state index is -1.29. The smallest absolute Gasteiger partial charge is 0.224 e. The van der Waals surface area contributed by atoms with Crippen molar-refractivity contribution in [1.82, 2.24) is 14.5 Å². The molecule has 2 heterocycles. The lowest BCUT2D eigenvalue weighted by atomic mass is 10.1. The number of halogens is 2. The molecular weight excluding hydrogens is 437 g/mol. The summed E-state index contributed by atoms with van der Waals surface area (Å²) in [5, 5.41) is 2.80. The van der Waals surface area contributed by atoms with Gasteiger partial charge >= 0.3 is 0 Å². The minimum Gasteiger partial charge on any atom is -0.294 e. The van der Waals surface area contributed by atoms with E-state index in [0.717, 1.165) is 21.8 Å². The van der Waals surface area contributed by atoms with Gasteiger partial charge in [-0.2, -0.15) is 4.98 Å². The summed E-state index contributed by atoms with van der Waals surface area (Å²) in [6, 6.07) is 23.5. The maximum absolute atomic E-state index is 12.4. The summed E-state index contributed by atoms with van der Waals surface area (Å²) in [6.07, 6.45) is 1.60. The SMILES string of the molecule is CS(=O)c1c(Cl)cccc1-c1cc(-n2c3ccccc3c3ccccc32)nc(Cl)n1. The van der Waals surface area contributed by atoms with Crippen molar-refractivity contribution in [1.29, 1.82) is 0 Å². The molecule has 30 heavy (non-hydrogen) atoms. The largest absolute Gasteiger partial charge is 0.294 e. The Labute approximate surface area is 185 Å². The molecule has 4 nitrogen and oxygen atoms in total. The van der Waals surface area contributed by atoms with Crippen LogP contribution in [0.2, 0.25) is 10.3 Å². The molecule has 0 fully saturated rings. The van der Waals surface area contributed by atoms with E-state index in [2.05, 4.69) is 38.8 Å². The zero-order valence-corrected chi connectivity index (χ0v) is 18.2. The molecule has 1 atom stereocenters. The van der Waals surface area contributed by atoms with Crippen molar-refractivity contribution in [3.8, 4) is 17.1 Å². The van der Waals surface area contributed by atoms with E-state index in [4.69, 9.17) is 23.2 Å². The summed E-state index contributed by atoms with van der Waals surface area (Å²) in [7, 11) is -1.29. The molecule has 7 heteroatoms. The molecule has 0 spiro atoms. The van der Waals surface area contributed by atoms with Gasteiger partial charge in [0.2, 0.25) is 5.28 Å². The van der Waals surface area contributed by atoms with E-state index in [-0.39, 0.29) is 5.28 Å². The van der Waals surface area contributed by atoms with E-state index >= 15 is 0 Å². The lowest BCUT2D eigenvalue weighted by Crippen LogP contribution is -2.02. The molecular formula is C23H15Cl2N3OS. The van der Waals surface area contributed by atoms with Gasteiger partial charge in [-0.1, -0.05) is 60.1 Å². The van der Waals surface area contributed by atoms with Crippen LogP contribution in [-0.4, -0.2) is 25.0 Å². The van der Waals surface area contributed by atoms with Crippen molar-refractivity contribution in [2.24, 2.45) is 0 Å². The average Bonchev–Trinajstić information content (AvgIpc) is 3.07. The van der Waals surface area contributed by atoms with Crippen LogP contribution in [-0.2, 0) is 10.8 Å². The van der Waals surface area contributed by atoms with Crippen molar-refractivity contribution < 1.29 is 4.21 Å². The van der Waals surface area contributed by atoms with Gasteiger partial charge in [0.05, 0.1) is 37.4 Å². The quantitative estimate of drug-likeness (QED) is 0.303. The number of rotatable bonds is 3. The molecule has 0 aliphatic carbocycles. The Bertz CT molecular complexity index is 1410. The fourth-order valence-corrected chi connectivity index (χ4v) is 5.33. The van der Waals surface area contributed by atoms with E-state index in [0.29, 0.717) is 27.0 Å². The van der Waals surface area contributed by atoms with Crippen LogP contribution in [0.15, 0.2) is 77.7 Å². The average molecular weight is 452 g/mol. The van der Waals surface area contributed by atoms with Crippen LogP contribution < -0.4 is 0 Å². The molecule has 0 amide bonds. The van der Waals surface area contributed by atoms with E-state index < -0.39 is 10.8 Å². The van der Waals surface area contributed by atoms with Crippen LogP contribution in [0.3, 0.4) is 0 Å². The molecule has 0 aliphatic heterocycles. The fraction of sp³-hybridized carbons (Fsp3) is 0.0435. The van der Waals surface area contributed by atoms with Crippen LogP contribution in [0.25, 0.3) is 38.9 Å². The molecule has 1 unspecified atom stereocenters. The molecule has 2 aromatic heterocycles. The van der Waals surface area contributed by atoms with Gasteiger partial charge in [0, 0.05) is 28.7 Å². The van der Waals surface area contributed by atoms with Gasteiger partial charge in [0.25, 0.3) is 0 Å². The predicted octanol–water partition coefficient (Wildman–Crippen LogP) is 6.28. The molecule has 0 radical (unpaired) electrons. The van der Waals surface area contributed by atoms with Crippen molar-refractivity contribution in [2.75, 3.05) is 6.26 Å². The Balaban J connectivity index is 1.83. The standard InChI is InChI=1S/C23H15Cl2N3OS/c1-30(29)22-16(9-6-10-17(22)24)18-13-21(27-23(25)26-18)28-19-11-4-2-7-14(19)15-8-3-5-12-20(15)28/h2-13H,1H3. The Kier molecular flexibility index (Phi) is 4.82. The molecule has 0 aliphatic rings. The van der Waals surface area contributed by atoms with Crippen LogP contribution >= 0.6 is 23.2 Å². The molecule has 0 N–H and O–H groups in total. The molecule has 148 valence electrons. The maximum Gasteiger partial charge on any atom is 0.224 e. The van der Waals surface area contributed by atoms with Crippen molar-refractivity contribution in [3.63, 3.8) is 0 Å². The van der Waals surface area contributed by atoms with Gasteiger partial charge in [-0.3, -0.25) is 8.78 Å². The third-order valence-corrected chi connectivity index (χ3v) is 6.64. The van der Waals surface area contributed by atoms with Gasteiger partial charge in [0.15, 0.2) is 0 Å². The van der Waals surface area contributed by atoms with Crippen LogP contribution in [0, 0.1) is 0 Å². The minimum absolute atomic E-state index is 0.108. The first-order valence-electron chi connectivity index (χ1n) is 9.20. The normalized spacial score (nSPS) is 12.5. The third kappa shape index (κ3) is 3.10. The van der Waals surface area contributed by atoms with E-state index in [1.165, 1.54) is 0 Å². The fourth-order valence-electron chi connectivity index (χ4n) is 3.83. The van der Waals surface area contributed by atoms with Crippen LogP contribution in [0.5, 0.6) is 0 Å². The lowest BCUT2D eigenvalue weighted by Gasteiger charge is -2.12. The third-order valence-electron chi connectivity index (χ3n) is 5.02. The van der Waals surface area contributed by atoms with E-state index in [9.17, 15) is 4.21 Å². The van der Waals surface area contributed by atoms with Crippen molar-refractivity contribution in [3.05, 3.63) is 83.1 Å². The number of hydrogen-bond donors (Lipinski definition) is 0. The zero-order chi connectivity index (χ0) is 20.8. The summed E-state index contributed by atoms with van der Waals surface area (Å²) in [4.78, 5) is 9.44. The van der Waals surface area contributed by atoms with Crippen LogP contribution in [0.1, 0.15) is 0 Å². The Morgan fingerprint density at radius 1 is 0.833 bits per heavy atom. The summed E-state index contributed by atoms with van der Waals surface area (Å²) < 4.78 is 14.4. The second-order valence-corrected chi connectivity index (χ2v) is 8.88. The van der Waals surface area contributed by atoms with Crippen molar-refractivity contribution >= 4 is 55.8 Å². The number of aromatic nitrogens is 3. The molecule has 5 rings (SSSR count). The first kappa shape index (κ1) is 19.2. The number of para-hydroxylation sites is 2. The molecule has 0 saturated carbocycles. The second-order valence-electron chi connectivity index (χ2n) is 6.82. The number of hydrogen-bond acceptors (Lipinski definition) is 3. The van der Waals surface area contributed by atoms with Gasteiger partial charge in [-0.25, -0.2) is 4.98 Å². The highest BCUT2D eigenvalue weighted by molar-refractivity contribution is 7.84. The molecule has 3 aromatic carbocycles. The monoisotopic (exact) mass is 451 g/mol. The highest BCUT2D eigenvalue weighted by Crippen LogP contribution is 2.35. The van der Waals surface area contributed by atoms with Gasteiger partial charge in [0.1, 0.15) is 5.82 Å². The summed E-state index contributed by atoms with van der Waals surface area (Å²) in [6.45, 7) is 0. The van der Waals surface area contributed by atoms with E-state index in [1.54, 1.807) is 12.3 Å². The maximum atomic E-state index is 12.4. The zero-order valence-electron chi connectivity index (χ0n) is 15.8. The number of nitrogens with zero attached hydrogens (tertiary/aromatic N) is 3. The molecule has 0 bridgehead atoms. The number of benzene rings is 3. The Hall–Kier alpha value is -2.73. The Morgan fingerprint density at radius 3 is 2.10 bits per heavy atom. The summed E-state index contributed by atoms with van der Waals surface area (Å²) >= 11 is 12.7. The van der Waals surface area contributed by atoms with Gasteiger partial charge in [-0.15, -0.1) is 0 Å².